The van der Waals surface area contributed by atoms with E-state index in [1.165, 1.54) is 6.42 Å². The molecule has 2 aromatic heterocycles. The number of thiophene rings is 1. The van der Waals surface area contributed by atoms with E-state index < -0.39 is 11.6 Å². The second-order valence-electron chi connectivity index (χ2n) is 14.4. The first kappa shape index (κ1) is 30.6. The molecule has 1 unspecified atom stereocenters. The van der Waals surface area contributed by atoms with Crippen LogP contribution in [0.5, 0.6) is 5.75 Å². The fraction of sp³-hybridized carbons (Fsp3) is 0.611. The summed E-state index contributed by atoms with van der Waals surface area (Å²) in [5.41, 5.74) is 2.95. The largest absolute Gasteiger partial charge is 0.496 e. The summed E-state index contributed by atoms with van der Waals surface area (Å²) in [4.78, 5) is 43.4. The van der Waals surface area contributed by atoms with Crippen molar-refractivity contribution in [3.05, 3.63) is 41.9 Å². The molecule has 6 aliphatic rings. The highest BCUT2D eigenvalue weighted by Gasteiger charge is 2.64. The van der Waals surface area contributed by atoms with Crippen LogP contribution in [-0.4, -0.2) is 42.2 Å². The lowest BCUT2D eigenvalue weighted by molar-refractivity contribution is -0.680. The van der Waals surface area contributed by atoms with E-state index in [2.05, 4.69) is 47.2 Å². The normalized spacial score (nSPS) is 33.8. The van der Waals surface area contributed by atoms with Crippen LogP contribution < -0.4 is 15.4 Å². The molecule has 2 spiro atoms. The van der Waals surface area contributed by atoms with E-state index >= 15 is 0 Å². The summed E-state index contributed by atoms with van der Waals surface area (Å²) >= 11 is 1.69. The van der Waals surface area contributed by atoms with Gasteiger partial charge in [0.2, 0.25) is 17.5 Å². The monoisotopic (exact) mass is 647 g/mol. The quantitative estimate of drug-likeness (QED) is 0.181. The maximum absolute atomic E-state index is 13.1. The molecule has 4 bridgehead atoms. The predicted molar refractivity (Wildman–Crippen MR) is 176 cm³/mol. The number of hydrogen-bond acceptors (Lipinski definition) is 9. The Labute approximate surface area is 274 Å². The highest BCUT2D eigenvalue weighted by molar-refractivity contribution is 7.13. The number of pyridine rings is 1. The van der Waals surface area contributed by atoms with Crippen LogP contribution in [0.1, 0.15) is 77.6 Å². The number of ether oxygens (including phenoxy) is 1. The molecule has 3 heterocycles. The minimum atomic E-state index is -0.901. The minimum Gasteiger partial charge on any atom is -0.496 e. The van der Waals surface area contributed by atoms with Gasteiger partial charge in [0.05, 0.1) is 18.3 Å². The molecule has 246 valence electrons. The fourth-order valence-electron chi connectivity index (χ4n) is 9.18. The van der Waals surface area contributed by atoms with Crippen LogP contribution in [0.4, 0.5) is 5.69 Å². The van der Waals surface area contributed by atoms with Crippen molar-refractivity contribution in [1.29, 1.82) is 0 Å². The van der Waals surface area contributed by atoms with Gasteiger partial charge in [0.1, 0.15) is 5.75 Å². The van der Waals surface area contributed by atoms with E-state index in [4.69, 9.17) is 29.3 Å². The number of nitrogens with one attached hydrogen (secondary N) is 2. The lowest BCUT2D eigenvalue weighted by Gasteiger charge is -2.60. The number of carbonyl (C=O) groups excluding carboxylic acids is 1. The van der Waals surface area contributed by atoms with Gasteiger partial charge < -0.3 is 15.4 Å². The minimum absolute atomic E-state index is 0.0582. The van der Waals surface area contributed by atoms with Crippen LogP contribution in [0, 0.1) is 29.6 Å². The molecule has 3 aromatic rings. The number of fused-ring (bicyclic) bond motifs is 1. The van der Waals surface area contributed by atoms with E-state index in [-0.39, 0.29) is 17.9 Å². The molecule has 0 radical (unpaired) electrons. The van der Waals surface area contributed by atoms with E-state index in [1.807, 2.05) is 12.3 Å². The Morgan fingerprint density at radius 2 is 1.78 bits per heavy atom. The smallest absolute Gasteiger partial charge is 0.239 e. The van der Waals surface area contributed by atoms with Crippen molar-refractivity contribution in [2.45, 2.75) is 95.2 Å². The van der Waals surface area contributed by atoms with Crippen LogP contribution in [-0.2, 0) is 24.3 Å². The van der Waals surface area contributed by atoms with Gasteiger partial charge in [-0.15, -0.1) is 11.3 Å². The Bertz CT molecular complexity index is 1510. The Morgan fingerprint density at radius 3 is 2.46 bits per heavy atom. The van der Waals surface area contributed by atoms with E-state index in [0.29, 0.717) is 44.1 Å². The second-order valence-corrected chi connectivity index (χ2v) is 15.3. The van der Waals surface area contributed by atoms with Crippen molar-refractivity contribution in [2.24, 2.45) is 29.6 Å². The summed E-state index contributed by atoms with van der Waals surface area (Å²) < 4.78 is 5.83. The van der Waals surface area contributed by atoms with Crippen LogP contribution >= 0.6 is 11.3 Å². The molecule has 1 aromatic carbocycles. The number of hydrogen-bond donors (Lipinski definition) is 2. The Morgan fingerprint density at radius 1 is 1.04 bits per heavy atom. The molecular weight excluding hydrogens is 602 g/mol. The molecule has 9 rings (SSSR count). The Kier molecular flexibility index (Phi) is 8.21. The number of aromatic nitrogens is 1. The summed E-state index contributed by atoms with van der Waals surface area (Å²) in [6, 6.07) is 10.5. The van der Waals surface area contributed by atoms with Crippen molar-refractivity contribution < 1.29 is 29.1 Å². The number of amides is 1. The zero-order chi connectivity index (χ0) is 31.3. The van der Waals surface area contributed by atoms with Gasteiger partial charge >= 0.3 is 0 Å². The Hall–Kier alpha value is -2.76. The third kappa shape index (κ3) is 5.49. The average Bonchev–Trinajstić information content (AvgIpc) is 3.61. The van der Waals surface area contributed by atoms with Crippen molar-refractivity contribution in [2.75, 3.05) is 19.0 Å². The van der Waals surface area contributed by atoms with Gasteiger partial charge in [-0.25, -0.2) is 0 Å². The van der Waals surface area contributed by atoms with Gasteiger partial charge in [-0.1, -0.05) is 12.1 Å². The van der Waals surface area contributed by atoms with Gasteiger partial charge in [-0.2, -0.15) is 19.6 Å². The van der Waals surface area contributed by atoms with Gasteiger partial charge in [0.25, 0.3) is 0 Å². The molecule has 5 aliphatic carbocycles. The molecule has 1 aliphatic heterocycles. The molecule has 10 heteroatoms. The summed E-state index contributed by atoms with van der Waals surface area (Å²) in [6.07, 6.45) is 12.1. The maximum atomic E-state index is 13.1. The number of benzene rings is 1. The summed E-state index contributed by atoms with van der Waals surface area (Å²) in [5.74, 6) is 1.57. The topological polar surface area (TPSA) is 100 Å². The standard InChI is InChI=1S/C36H45N3O6S/c1-22(39-29-21-30(41-2)32(31-8-5-15-46-31)28-7-4-13-37-33(28)29)6-3-14-38-34(40)25-9-11-35(12-10-25)42-44-36(45-43-35)26-17-23-16-24(19-26)20-27(36)18-23/h4-5,7-8,13,15,21-27,39H,3,6,9-12,14,16-20H2,1-2H3,(H,38,40). The van der Waals surface area contributed by atoms with Crippen LogP contribution in [0.2, 0.25) is 0 Å². The highest BCUT2D eigenvalue weighted by Crippen LogP contribution is 2.62. The molecule has 5 saturated carbocycles. The predicted octanol–water partition coefficient (Wildman–Crippen LogP) is 7.62. The van der Waals surface area contributed by atoms with Crippen LogP contribution in [0.3, 0.4) is 0 Å². The molecular formula is C36H45N3O6S. The molecule has 9 nitrogen and oxygen atoms in total. The van der Waals surface area contributed by atoms with E-state index in [1.54, 1.807) is 18.4 Å². The van der Waals surface area contributed by atoms with Crippen molar-refractivity contribution in [3.63, 3.8) is 0 Å². The maximum Gasteiger partial charge on any atom is 0.239 e. The number of methoxy groups -OCH3 is 1. The third-order valence-corrected chi connectivity index (χ3v) is 12.3. The van der Waals surface area contributed by atoms with Crippen molar-refractivity contribution in [3.8, 4) is 16.2 Å². The molecule has 1 atom stereocenters. The van der Waals surface area contributed by atoms with E-state index in [0.717, 1.165) is 83.1 Å². The number of nitrogens with zero attached hydrogens (tertiary/aromatic N) is 1. The molecule has 1 saturated heterocycles. The van der Waals surface area contributed by atoms with E-state index in [9.17, 15) is 4.79 Å². The molecule has 46 heavy (non-hydrogen) atoms. The first-order chi connectivity index (χ1) is 22.5. The van der Waals surface area contributed by atoms with Gasteiger partial charge in [0.15, 0.2) is 0 Å². The first-order valence-corrected chi connectivity index (χ1v) is 18.1. The average molecular weight is 648 g/mol. The third-order valence-electron chi connectivity index (χ3n) is 11.4. The zero-order valence-electron chi connectivity index (χ0n) is 26.8. The van der Waals surface area contributed by atoms with Crippen molar-refractivity contribution >= 4 is 33.8 Å². The lowest BCUT2D eigenvalue weighted by atomic mass is 9.53. The molecule has 1 amide bonds. The first-order valence-electron chi connectivity index (χ1n) is 17.2. The van der Waals surface area contributed by atoms with Crippen LogP contribution in [0.15, 0.2) is 41.9 Å². The zero-order valence-corrected chi connectivity index (χ0v) is 27.6. The summed E-state index contributed by atoms with van der Waals surface area (Å²) in [5, 5.41) is 9.97. The van der Waals surface area contributed by atoms with Crippen LogP contribution in [0.25, 0.3) is 21.3 Å². The number of carbonyl (C=O) groups is 1. The fourth-order valence-corrected chi connectivity index (χ4v) is 9.97. The van der Waals surface area contributed by atoms with Gasteiger partial charge in [0, 0.05) is 71.3 Å². The number of rotatable bonds is 9. The van der Waals surface area contributed by atoms with Crippen molar-refractivity contribution in [1.82, 2.24) is 10.3 Å². The molecule has 6 fully saturated rings. The Balaban J connectivity index is 0.802. The SMILES string of the molecule is COc1cc(NC(C)CCCNC(=O)C2CCC3(CC2)OOC2(OO3)C3CC4CC(C3)CC2C4)c2ncccc2c1-c1cccs1. The summed E-state index contributed by atoms with van der Waals surface area (Å²) in [6.45, 7) is 2.80. The van der Waals surface area contributed by atoms with Gasteiger partial charge in [-0.05, 0) is 94.1 Å². The molecule has 2 N–H and O–H groups in total. The lowest BCUT2D eigenvalue weighted by Crippen LogP contribution is -2.64. The number of anilines is 1. The summed E-state index contributed by atoms with van der Waals surface area (Å²) in [7, 11) is 1.71. The van der Waals surface area contributed by atoms with Gasteiger partial charge in [-0.3, -0.25) is 9.78 Å². The second kappa shape index (κ2) is 12.4. The highest BCUT2D eigenvalue weighted by atomic mass is 32.1.